The number of hydrogen-bond acceptors (Lipinski definition) is 4. The van der Waals surface area contributed by atoms with E-state index in [0.29, 0.717) is 5.75 Å². The van der Waals surface area contributed by atoms with E-state index in [9.17, 15) is 14.7 Å². The van der Waals surface area contributed by atoms with Crippen LogP contribution in [0.25, 0.3) is 0 Å². The summed E-state index contributed by atoms with van der Waals surface area (Å²) in [6.07, 6.45) is -0.454. The van der Waals surface area contributed by atoms with Crippen LogP contribution in [0.1, 0.15) is 31.4 Å². The Balaban J connectivity index is 2.13. The molecule has 5 heteroatoms. The quantitative estimate of drug-likeness (QED) is 0.476. The van der Waals surface area contributed by atoms with Gasteiger partial charge in [0.1, 0.15) is 11.5 Å². The number of esters is 1. The summed E-state index contributed by atoms with van der Waals surface area (Å²) < 4.78 is 5.13. The molecule has 0 heterocycles. The largest absolute Gasteiger partial charge is 0.508 e. The molecule has 130 valence electrons. The zero-order valence-electron chi connectivity index (χ0n) is 14.2. The van der Waals surface area contributed by atoms with Crippen molar-refractivity contribution in [1.29, 1.82) is 0 Å². The number of benzene rings is 2. The Morgan fingerprint density at radius 2 is 1.48 bits per heavy atom. The summed E-state index contributed by atoms with van der Waals surface area (Å²) >= 11 is 0. The molecule has 0 fully saturated rings. The second-order valence-corrected chi connectivity index (χ2v) is 6.26. The summed E-state index contributed by atoms with van der Waals surface area (Å²) in [5.74, 6) is -1.36. The SMILES string of the molecule is C=C(CC(=O)O)C(=O)Oc1ccc(C(C)(C)c2ccc(O)cc2)cc1. The van der Waals surface area contributed by atoms with Crippen molar-refractivity contribution in [3.63, 3.8) is 0 Å². The number of carboxylic acid groups (broad SMARTS) is 1. The summed E-state index contributed by atoms with van der Waals surface area (Å²) in [7, 11) is 0. The minimum atomic E-state index is -1.13. The lowest BCUT2D eigenvalue weighted by molar-refractivity contribution is -0.138. The summed E-state index contributed by atoms with van der Waals surface area (Å²) in [5.41, 5.74) is 1.62. The Morgan fingerprint density at radius 1 is 1.00 bits per heavy atom. The average molecular weight is 340 g/mol. The first kappa shape index (κ1) is 18.3. The molecule has 0 spiro atoms. The topological polar surface area (TPSA) is 83.8 Å². The molecule has 0 aliphatic heterocycles. The second kappa shape index (κ2) is 7.21. The average Bonchev–Trinajstić information content (AvgIpc) is 2.55. The first-order valence-electron chi connectivity index (χ1n) is 7.72. The van der Waals surface area contributed by atoms with E-state index in [-0.39, 0.29) is 16.7 Å². The molecular weight excluding hydrogens is 320 g/mol. The van der Waals surface area contributed by atoms with E-state index in [1.165, 1.54) is 0 Å². The van der Waals surface area contributed by atoms with Crippen molar-refractivity contribution in [1.82, 2.24) is 0 Å². The molecular formula is C20H20O5. The van der Waals surface area contributed by atoms with Crippen LogP contribution in [0, 0.1) is 0 Å². The van der Waals surface area contributed by atoms with Crippen molar-refractivity contribution >= 4 is 11.9 Å². The predicted octanol–water partition coefficient (Wildman–Crippen LogP) is 3.65. The number of phenols is 1. The zero-order valence-corrected chi connectivity index (χ0v) is 14.2. The number of ether oxygens (including phenoxy) is 1. The lowest BCUT2D eigenvalue weighted by atomic mass is 9.78. The van der Waals surface area contributed by atoms with E-state index in [1.807, 2.05) is 24.3 Å². The monoisotopic (exact) mass is 340 g/mol. The molecule has 0 saturated heterocycles. The second-order valence-electron chi connectivity index (χ2n) is 6.26. The van der Waals surface area contributed by atoms with Gasteiger partial charge in [-0.25, -0.2) is 4.79 Å². The van der Waals surface area contributed by atoms with Crippen LogP contribution in [-0.2, 0) is 15.0 Å². The molecule has 5 nitrogen and oxygen atoms in total. The van der Waals surface area contributed by atoms with Gasteiger partial charge in [0.2, 0.25) is 0 Å². The molecule has 2 aromatic carbocycles. The molecule has 0 aromatic heterocycles. The molecule has 2 aromatic rings. The molecule has 2 rings (SSSR count). The van der Waals surface area contributed by atoms with Gasteiger partial charge in [-0.05, 0) is 35.4 Å². The van der Waals surface area contributed by atoms with Gasteiger partial charge in [0.25, 0.3) is 0 Å². The van der Waals surface area contributed by atoms with E-state index in [4.69, 9.17) is 9.84 Å². The molecule has 0 atom stereocenters. The number of carboxylic acids is 1. The normalized spacial score (nSPS) is 11.0. The molecule has 0 unspecified atom stereocenters. The minimum absolute atomic E-state index is 0.110. The van der Waals surface area contributed by atoms with Crippen LogP contribution in [0.5, 0.6) is 11.5 Å². The van der Waals surface area contributed by atoms with Crippen molar-refractivity contribution in [2.24, 2.45) is 0 Å². The molecule has 0 aliphatic rings. The lowest BCUT2D eigenvalue weighted by Crippen LogP contribution is -2.19. The third kappa shape index (κ3) is 4.47. The molecule has 0 saturated carbocycles. The van der Waals surface area contributed by atoms with Gasteiger partial charge in [-0.15, -0.1) is 0 Å². The molecule has 0 amide bonds. The van der Waals surface area contributed by atoms with E-state index in [0.717, 1.165) is 11.1 Å². The highest BCUT2D eigenvalue weighted by molar-refractivity contribution is 5.94. The van der Waals surface area contributed by atoms with Crippen molar-refractivity contribution in [3.05, 3.63) is 71.8 Å². The van der Waals surface area contributed by atoms with Crippen LogP contribution in [0.15, 0.2) is 60.7 Å². The van der Waals surface area contributed by atoms with Crippen LogP contribution < -0.4 is 4.74 Å². The van der Waals surface area contributed by atoms with Crippen molar-refractivity contribution < 1.29 is 24.5 Å². The van der Waals surface area contributed by atoms with Gasteiger partial charge in [-0.3, -0.25) is 4.79 Å². The summed E-state index contributed by atoms with van der Waals surface area (Å²) in [4.78, 5) is 22.4. The van der Waals surface area contributed by atoms with Crippen LogP contribution in [0.2, 0.25) is 0 Å². The van der Waals surface area contributed by atoms with E-state index in [2.05, 4.69) is 20.4 Å². The molecule has 0 radical (unpaired) electrons. The number of hydrogen-bond donors (Lipinski definition) is 2. The molecule has 2 N–H and O–H groups in total. The third-order valence-corrected chi connectivity index (χ3v) is 4.03. The van der Waals surface area contributed by atoms with Crippen LogP contribution in [0.4, 0.5) is 0 Å². The Bertz CT molecular complexity index is 786. The Hall–Kier alpha value is -3.08. The fraction of sp³-hybridized carbons (Fsp3) is 0.200. The number of aliphatic carboxylic acids is 1. The lowest BCUT2D eigenvalue weighted by Gasteiger charge is -2.26. The summed E-state index contributed by atoms with van der Waals surface area (Å²) in [5, 5.41) is 18.1. The van der Waals surface area contributed by atoms with Gasteiger partial charge in [0.15, 0.2) is 0 Å². The van der Waals surface area contributed by atoms with Crippen LogP contribution in [0.3, 0.4) is 0 Å². The Kier molecular flexibility index (Phi) is 5.27. The smallest absolute Gasteiger partial charge is 0.339 e. The Labute approximate surface area is 146 Å². The predicted molar refractivity (Wildman–Crippen MR) is 93.7 cm³/mol. The number of rotatable bonds is 6. The maximum absolute atomic E-state index is 11.8. The first-order valence-corrected chi connectivity index (χ1v) is 7.72. The fourth-order valence-corrected chi connectivity index (χ4v) is 2.42. The zero-order chi connectivity index (χ0) is 18.6. The maximum atomic E-state index is 11.8. The van der Waals surface area contributed by atoms with Gasteiger partial charge < -0.3 is 14.9 Å². The summed E-state index contributed by atoms with van der Waals surface area (Å²) in [6.45, 7) is 7.52. The fourth-order valence-electron chi connectivity index (χ4n) is 2.42. The Morgan fingerprint density at radius 3 is 1.96 bits per heavy atom. The molecule has 0 bridgehead atoms. The minimum Gasteiger partial charge on any atom is -0.508 e. The van der Waals surface area contributed by atoms with E-state index < -0.39 is 18.4 Å². The highest BCUT2D eigenvalue weighted by Crippen LogP contribution is 2.33. The van der Waals surface area contributed by atoms with Gasteiger partial charge >= 0.3 is 11.9 Å². The van der Waals surface area contributed by atoms with Crippen molar-refractivity contribution in [2.75, 3.05) is 0 Å². The van der Waals surface area contributed by atoms with Gasteiger partial charge in [-0.2, -0.15) is 0 Å². The van der Waals surface area contributed by atoms with Crippen molar-refractivity contribution in [3.8, 4) is 11.5 Å². The number of carbonyl (C=O) groups is 2. The highest BCUT2D eigenvalue weighted by atomic mass is 16.5. The molecule has 0 aliphatic carbocycles. The molecule has 25 heavy (non-hydrogen) atoms. The van der Waals surface area contributed by atoms with E-state index in [1.54, 1.807) is 24.3 Å². The number of carbonyl (C=O) groups excluding carboxylic acids is 1. The standard InChI is InChI=1S/C20H20O5/c1-13(12-18(22)23)19(24)25-17-10-6-15(7-11-17)20(2,3)14-4-8-16(21)9-5-14/h4-11,21H,1,12H2,2-3H3,(H,22,23). The number of aromatic hydroxyl groups is 1. The van der Waals surface area contributed by atoms with Crippen molar-refractivity contribution in [2.45, 2.75) is 25.7 Å². The summed E-state index contributed by atoms with van der Waals surface area (Å²) in [6, 6.07) is 14.0. The van der Waals surface area contributed by atoms with Gasteiger partial charge in [0, 0.05) is 11.0 Å². The van der Waals surface area contributed by atoms with E-state index >= 15 is 0 Å². The third-order valence-electron chi connectivity index (χ3n) is 4.03. The number of phenolic OH excluding ortho intramolecular Hbond substituents is 1. The maximum Gasteiger partial charge on any atom is 0.339 e. The van der Waals surface area contributed by atoms with Gasteiger partial charge in [-0.1, -0.05) is 44.7 Å². The van der Waals surface area contributed by atoms with Crippen LogP contribution in [-0.4, -0.2) is 22.2 Å². The van der Waals surface area contributed by atoms with Crippen LogP contribution >= 0.6 is 0 Å². The van der Waals surface area contributed by atoms with Gasteiger partial charge in [0.05, 0.1) is 6.42 Å². The first-order chi connectivity index (χ1) is 11.7. The highest BCUT2D eigenvalue weighted by Gasteiger charge is 2.23.